The molecule has 9 heteroatoms. The van der Waals surface area contributed by atoms with E-state index in [0.29, 0.717) is 0 Å². The third-order valence-electron chi connectivity index (χ3n) is 2.50. The summed E-state index contributed by atoms with van der Waals surface area (Å²) in [5.41, 5.74) is -0.772. The van der Waals surface area contributed by atoms with E-state index in [1.54, 1.807) is 20.8 Å². The Labute approximate surface area is 140 Å². The van der Waals surface area contributed by atoms with E-state index < -0.39 is 40.3 Å². The monoisotopic (exact) mass is 367 g/mol. The highest BCUT2D eigenvalue weighted by atomic mass is 35.5. The topological polar surface area (TPSA) is 81.7 Å². The summed E-state index contributed by atoms with van der Waals surface area (Å²) in [6, 6.07) is 3.10. The first-order valence-electron chi connectivity index (χ1n) is 6.67. The van der Waals surface area contributed by atoms with E-state index in [-0.39, 0.29) is 10.6 Å². The molecular formula is C14H19ClFNO5S. The van der Waals surface area contributed by atoms with Crippen molar-refractivity contribution < 1.29 is 26.5 Å². The Morgan fingerprint density at radius 3 is 2.52 bits per heavy atom. The van der Waals surface area contributed by atoms with Gasteiger partial charge in [0.1, 0.15) is 11.4 Å². The van der Waals surface area contributed by atoms with Crippen molar-refractivity contribution in [3.8, 4) is 0 Å². The number of hydrogen-bond donors (Lipinski definition) is 1. The molecule has 0 heterocycles. The third kappa shape index (κ3) is 7.15. The molecule has 1 aromatic carbocycles. The number of benzene rings is 1. The van der Waals surface area contributed by atoms with Gasteiger partial charge in [-0.05, 0) is 26.8 Å². The molecule has 0 saturated carbocycles. The fraction of sp³-hybridized carbons (Fsp3) is 0.500. The summed E-state index contributed by atoms with van der Waals surface area (Å²) in [7, 11) is -3.77. The zero-order valence-electron chi connectivity index (χ0n) is 13.2. The van der Waals surface area contributed by atoms with Gasteiger partial charge in [-0.1, -0.05) is 23.7 Å². The summed E-state index contributed by atoms with van der Waals surface area (Å²) < 4.78 is 46.2. The minimum atomic E-state index is -3.77. The summed E-state index contributed by atoms with van der Waals surface area (Å²) in [6.45, 7) is 4.49. The minimum absolute atomic E-state index is 0.00740. The van der Waals surface area contributed by atoms with Crippen LogP contribution in [0.5, 0.6) is 0 Å². The summed E-state index contributed by atoms with van der Waals surface area (Å²) in [5, 5.41) is 2.23. The molecule has 1 rings (SSSR count). The van der Waals surface area contributed by atoms with Crippen molar-refractivity contribution in [1.82, 2.24) is 5.32 Å². The van der Waals surface area contributed by atoms with Gasteiger partial charge in [0.15, 0.2) is 0 Å². The van der Waals surface area contributed by atoms with Crippen LogP contribution >= 0.6 is 11.6 Å². The number of ether oxygens (including phenoxy) is 1. The van der Waals surface area contributed by atoms with Crippen LogP contribution in [0.2, 0.25) is 5.02 Å². The van der Waals surface area contributed by atoms with Gasteiger partial charge in [0.25, 0.3) is 10.1 Å². The van der Waals surface area contributed by atoms with Gasteiger partial charge >= 0.3 is 6.09 Å². The van der Waals surface area contributed by atoms with Gasteiger partial charge in [-0.3, -0.25) is 4.18 Å². The van der Waals surface area contributed by atoms with Crippen LogP contribution in [-0.2, 0) is 19.0 Å². The maximum Gasteiger partial charge on any atom is 0.408 e. The van der Waals surface area contributed by atoms with E-state index in [0.717, 1.165) is 6.26 Å². The third-order valence-corrected chi connectivity index (χ3v) is 3.35. The van der Waals surface area contributed by atoms with E-state index >= 15 is 0 Å². The molecule has 0 saturated heterocycles. The van der Waals surface area contributed by atoms with Crippen LogP contribution in [0.1, 0.15) is 32.4 Å². The summed E-state index contributed by atoms with van der Waals surface area (Å²) in [6.07, 6.45) is 0.0188. The van der Waals surface area contributed by atoms with E-state index in [4.69, 9.17) is 16.3 Å². The molecule has 130 valence electrons. The Morgan fingerprint density at radius 2 is 2.00 bits per heavy atom. The van der Waals surface area contributed by atoms with E-state index in [9.17, 15) is 17.6 Å². The van der Waals surface area contributed by atoms with Crippen molar-refractivity contribution in [3.05, 3.63) is 34.6 Å². The molecule has 0 aromatic heterocycles. The molecule has 1 N–H and O–H groups in total. The first kappa shape index (κ1) is 19.7. The second-order valence-electron chi connectivity index (χ2n) is 5.83. The highest BCUT2D eigenvalue weighted by Gasteiger charge is 2.24. The fourth-order valence-electron chi connectivity index (χ4n) is 1.64. The van der Waals surface area contributed by atoms with Crippen LogP contribution in [0.15, 0.2) is 18.2 Å². The first-order chi connectivity index (χ1) is 10.4. The molecule has 0 aliphatic rings. The lowest BCUT2D eigenvalue weighted by Crippen LogP contribution is -2.37. The second kappa shape index (κ2) is 7.46. The van der Waals surface area contributed by atoms with Crippen LogP contribution in [0, 0.1) is 5.82 Å². The quantitative estimate of drug-likeness (QED) is 0.809. The SMILES string of the molecule is CC(C)(C)OC(=O)NC(COS(C)(=O)=O)c1cccc(Cl)c1F. The molecule has 1 aromatic rings. The molecular weight excluding hydrogens is 349 g/mol. The highest BCUT2D eigenvalue weighted by molar-refractivity contribution is 7.85. The molecule has 23 heavy (non-hydrogen) atoms. The highest BCUT2D eigenvalue weighted by Crippen LogP contribution is 2.24. The predicted octanol–water partition coefficient (Wildman–Crippen LogP) is 3.02. The van der Waals surface area contributed by atoms with Crippen LogP contribution in [0.3, 0.4) is 0 Å². The van der Waals surface area contributed by atoms with Crippen molar-refractivity contribution in [2.75, 3.05) is 12.9 Å². The Balaban J connectivity index is 3.02. The molecule has 1 atom stereocenters. The number of rotatable bonds is 5. The number of carbonyl (C=O) groups excluding carboxylic acids is 1. The first-order valence-corrected chi connectivity index (χ1v) is 8.86. The lowest BCUT2D eigenvalue weighted by atomic mass is 10.1. The van der Waals surface area contributed by atoms with E-state index in [1.807, 2.05) is 0 Å². The second-order valence-corrected chi connectivity index (χ2v) is 7.88. The lowest BCUT2D eigenvalue weighted by molar-refractivity contribution is 0.0486. The van der Waals surface area contributed by atoms with Crippen LogP contribution in [-0.4, -0.2) is 33.0 Å². The zero-order valence-corrected chi connectivity index (χ0v) is 14.8. The maximum atomic E-state index is 14.1. The molecule has 0 bridgehead atoms. The molecule has 0 fully saturated rings. The van der Waals surface area contributed by atoms with Crippen LogP contribution in [0.25, 0.3) is 0 Å². The summed E-state index contributed by atoms with van der Waals surface area (Å²) in [5.74, 6) is -0.771. The van der Waals surface area contributed by atoms with Crippen LogP contribution < -0.4 is 5.32 Å². The lowest BCUT2D eigenvalue weighted by Gasteiger charge is -2.24. The Hall–Kier alpha value is -1.38. The Bertz CT molecular complexity index is 672. The molecule has 1 unspecified atom stereocenters. The number of amides is 1. The van der Waals surface area contributed by atoms with Gasteiger partial charge in [-0.25, -0.2) is 9.18 Å². The van der Waals surface area contributed by atoms with Crippen molar-refractivity contribution in [1.29, 1.82) is 0 Å². The normalized spacial score (nSPS) is 13.5. The Morgan fingerprint density at radius 1 is 1.39 bits per heavy atom. The van der Waals surface area contributed by atoms with Crippen molar-refractivity contribution in [2.45, 2.75) is 32.4 Å². The number of hydrogen-bond acceptors (Lipinski definition) is 5. The van der Waals surface area contributed by atoms with E-state index in [1.165, 1.54) is 18.2 Å². The average molecular weight is 368 g/mol. The standard InChI is InChI=1S/C14H19ClFNO5S/c1-14(2,3)22-13(18)17-11(8-21-23(4,19)20)9-6-5-7-10(15)12(9)16/h5-7,11H,8H2,1-4H3,(H,17,18). The summed E-state index contributed by atoms with van der Waals surface area (Å²) >= 11 is 5.71. The average Bonchev–Trinajstić information content (AvgIpc) is 2.35. The number of alkyl carbamates (subject to hydrolysis) is 1. The van der Waals surface area contributed by atoms with Gasteiger partial charge in [-0.2, -0.15) is 8.42 Å². The largest absolute Gasteiger partial charge is 0.444 e. The number of halogens is 2. The molecule has 6 nitrogen and oxygen atoms in total. The minimum Gasteiger partial charge on any atom is -0.444 e. The van der Waals surface area contributed by atoms with Gasteiger partial charge in [0.2, 0.25) is 0 Å². The summed E-state index contributed by atoms with van der Waals surface area (Å²) in [4.78, 5) is 11.9. The maximum absolute atomic E-state index is 14.1. The van der Waals surface area contributed by atoms with E-state index in [2.05, 4.69) is 9.50 Å². The molecule has 0 spiro atoms. The van der Waals surface area contributed by atoms with Gasteiger partial charge < -0.3 is 10.1 Å². The van der Waals surface area contributed by atoms with Crippen molar-refractivity contribution in [3.63, 3.8) is 0 Å². The predicted molar refractivity (Wildman–Crippen MR) is 84.3 cm³/mol. The van der Waals surface area contributed by atoms with Gasteiger partial charge in [-0.15, -0.1) is 0 Å². The van der Waals surface area contributed by atoms with Crippen LogP contribution in [0.4, 0.5) is 9.18 Å². The molecule has 1 amide bonds. The fourth-order valence-corrected chi connectivity index (χ4v) is 2.21. The molecule has 0 aliphatic heterocycles. The molecule has 0 aliphatic carbocycles. The van der Waals surface area contributed by atoms with Crippen molar-refractivity contribution in [2.24, 2.45) is 0 Å². The smallest absolute Gasteiger partial charge is 0.408 e. The number of nitrogens with one attached hydrogen (secondary N) is 1. The zero-order chi connectivity index (χ0) is 17.8. The van der Waals surface area contributed by atoms with Gasteiger partial charge in [0, 0.05) is 5.56 Å². The van der Waals surface area contributed by atoms with Gasteiger partial charge in [0.05, 0.1) is 23.9 Å². The number of carbonyl (C=O) groups is 1. The molecule has 0 radical (unpaired) electrons. The Kier molecular flexibility index (Phi) is 6.38. The van der Waals surface area contributed by atoms with Crippen molar-refractivity contribution >= 4 is 27.8 Å².